The number of thioether (sulfide) groups is 1. The van der Waals surface area contributed by atoms with Crippen molar-refractivity contribution in [2.75, 3.05) is 11.1 Å². The number of benzene rings is 1. The molecule has 2 aromatic heterocycles. The first-order valence-electron chi connectivity index (χ1n) is 7.48. The lowest BCUT2D eigenvalue weighted by Crippen LogP contribution is -2.12. The summed E-state index contributed by atoms with van der Waals surface area (Å²) in [6.07, 6.45) is 0. The van der Waals surface area contributed by atoms with Gasteiger partial charge in [0, 0.05) is 10.6 Å². The minimum atomic E-state index is -0.404. The number of anilines is 1. The van der Waals surface area contributed by atoms with Crippen molar-refractivity contribution in [1.82, 2.24) is 4.98 Å². The van der Waals surface area contributed by atoms with E-state index in [0.29, 0.717) is 15.9 Å². The van der Waals surface area contributed by atoms with E-state index in [1.165, 1.54) is 23.1 Å². The van der Waals surface area contributed by atoms with E-state index in [0.717, 1.165) is 15.5 Å². The molecule has 9 heteroatoms. The van der Waals surface area contributed by atoms with Crippen LogP contribution in [0.25, 0.3) is 11.3 Å². The van der Waals surface area contributed by atoms with Gasteiger partial charge in [0.2, 0.25) is 5.91 Å². The Bertz CT molecular complexity index is 951. The molecule has 3 rings (SSSR count). The summed E-state index contributed by atoms with van der Waals surface area (Å²) in [5.41, 5.74) is 6.70. The third kappa shape index (κ3) is 4.46. The summed E-state index contributed by atoms with van der Waals surface area (Å²) >= 11 is 8.45. The number of aryl methyl sites for hydroxylation is 1. The van der Waals surface area contributed by atoms with Crippen LogP contribution < -0.4 is 11.1 Å². The lowest BCUT2D eigenvalue weighted by molar-refractivity contribution is -0.115. The van der Waals surface area contributed by atoms with Gasteiger partial charge in [-0.15, -0.1) is 11.8 Å². The molecule has 6 nitrogen and oxygen atoms in total. The Labute approximate surface area is 162 Å². The molecule has 0 atom stereocenters. The SMILES string of the molecule is Cc1nc(NC(=O)c2ccc(-c3ccc(Cl)cc3)o2)sc1SCC(N)=O. The average Bonchev–Trinajstić information content (AvgIpc) is 3.21. The summed E-state index contributed by atoms with van der Waals surface area (Å²) in [6, 6.07) is 10.5. The highest BCUT2D eigenvalue weighted by molar-refractivity contribution is 8.01. The van der Waals surface area contributed by atoms with Crippen molar-refractivity contribution in [1.29, 1.82) is 0 Å². The van der Waals surface area contributed by atoms with Crippen molar-refractivity contribution in [3.05, 3.63) is 52.9 Å². The number of aromatic nitrogens is 1. The number of halogens is 1. The molecule has 0 aliphatic rings. The number of amides is 2. The predicted octanol–water partition coefficient (Wildman–Crippen LogP) is 4.19. The summed E-state index contributed by atoms with van der Waals surface area (Å²) in [4.78, 5) is 27.5. The highest BCUT2D eigenvalue weighted by Crippen LogP contribution is 2.32. The lowest BCUT2D eigenvalue weighted by atomic mass is 10.2. The molecule has 0 saturated carbocycles. The van der Waals surface area contributed by atoms with Crippen molar-refractivity contribution in [2.45, 2.75) is 11.1 Å². The number of furan rings is 1. The molecule has 2 heterocycles. The Morgan fingerprint density at radius 1 is 1.27 bits per heavy atom. The maximum Gasteiger partial charge on any atom is 0.293 e. The number of carbonyl (C=O) groups excluding carboxylic acids is 2. The molecule has 0 spiro atoms. The van der Waals surface area contributed by atoms with E-state index in [4.69, 9.17) is 21.8 Å². The molecular formula is C17H14ClN3O3S2. The number of primary amides is 1. The zero-order chi connectivity index (χ0) is 18.7. The molecule has 3 N–H and O–H groups in total. The topological polar surface area (TPSA) is 98.2 Å². The molecule has 0 aliphatic heterocycles. The maximum absolute atomic E-state index is 12.4. The van der Waals surface area contributed by atoms with Gasteiger partial charge in [0.15, 0.2) is 10.9 Å². The van der Waals surface area contributed by atoms with E-state index >= 15 is 0 Å². The van der Waals surface area contributed by atoms with Gasteiger partial charge in [-0.25, -0.2) is 4.98 Å². The fourth-order valence-electron chi connectivity index (χ4n) is 2.09. The van der Waals surface area contributed by atoms with Crippen LogP contribution in [-0.4, -0.2) is 22.6 Å². The highest BCUT2D eigenvalue weighted by atomic mass is 35.5. The van der Waals surface area contributed by atoms with E-state index in [1.54, 1.807) is 31.2 Å². The highest BCUT2D eigenvalue weighted by Gasteiger charge is 2.16. The molecule has 0 fully saturated rings. The van der Waals surface area contributed by atoms with Crippen LogP contribution in [0.3, 0.4) is 0 Å². The van der Waals surface area contributed by atoms with Gasteiger partial charge < -0.3 is 10.2 Å². The van der Waals surface area contributed by atoms with Crippen LogP contribution in [0.4, 0.5) is 5.13 Å². The van der Waals surface area contributed by atoms with Crippen molar-refractivity contribution in [3.63, 3.8) is 0 Å². The van der Waals surface area contributed by atoms with Crippen LogP contribution >= 0.6 is 34.7 Å². The van der Waals surface area contributed by atoms with E-state index in [2.05, 4.69) is 10.3 Å². The Morgan fingerprint density at radius 3 is 2.69 bits per heavy atom. The van der Waals surface area contributed by atoms with Crippen molar-refractivity contribution in [3.8, 4) is 11.3 Å². The van der Waals surface area contributed by atoms with Crippen LogP contribution in [0, 0.1) is 6.92 Å². The fraction of sp³-hybridized carbons (Fsp3) is 0.118. The molecule has 0 aliphatic carbocycles. The monoisotopic (exact) mass is 407 g/mol. The first-order valence-corrected chi connectivity index (χ1v) is 9.66. The van der Waals surface area contributed by atoms with Crippen LogP contribution in [0.5, 0.6) is 0 Å². The zero-order valence-corrected chi connectivity index (χ0v) is 16.0. The van der Waals surface area contributed by atoms with E-state index in [1.807, 2.05) is 12.1 Å². The number of nitrogens with one attached hydrogen (secondary N) is 1. The minimum Gasteiger partial charge on any atom is -0.451 e. The molecule has 0 bridgehead atoms. The number of hydrogen-bond acceptors (Lipinski definition) is 6. The van der Waals surface area contributed by atoms with E-state index in [-0.39, 0.29) is 11.5 Å². The number of nitrogens with zero attached hydrogens (tertiary/aromatic N) is 1. The summed E-state index contributed by atoms with van der Waals surface area (Å²) in [5.74, 6) is 0.108. The van der Waals surface area contributed by atoms with E-state index < -0.39 is 11.8 Å². The Kier molecular flexibility index (Phi) is 5.65. The van der Waals surface area contributed by atoms with Gasteiger partial charge in [-0.1, -0.05) is 22.9 Å². The molecule has 0 radical (unpaired) electrons. The third-order valence-electron chi connectivity index (χ3n) is 3.28. The Balaban J connectivity index is 1.70. The summed E-state index contributed by atoms with van der Waals surface area (Å²) < 4.78 is 6.45. The zero-order valence-electron chi connectivity index (χ0n) is 13.6. The standard InChI is InChI=1S/C17H14ClN3O3S2/c1-9-16(25-8-14(19)22)26-17(20-9)21-15(23)13-7-6-12(24-13)10-2-4-11(18)5-3-10/h2-7H,8H2,1H3,(H2,19,22)(H,20,21,23). The number of nitrogens with two attached hydrogens (primary N) is 1. The molecule has 26 heavy (non-hydrogen) atoms. The van der Waals surface area contributed by atoms with Gasteiger partial charge in [0.1, 0.15) is 5.76 Å². The third-order valence-corrected chi connectivity index (χ3v) is 5.99. The molecule has 3 aromatic rings. The van der Waals surface area contributed by atoms with Crippen molar-refractivity contribution >= 4 is 51.6 Å². The summed E-state index contributed by atoms with van der Waals surface area (Å²) in [7, 11) is 0. The van der Waals surface area contributed by atoms with Crippen molar-refractivity contribution in [2.24, 2.45) is 5.73 Å². The normalized spacial score (nSPS) is 10.7. The number of rotatable bonds is 6. The molecule has 0 saturated heterocycles. The second-order valence-corrected chi connectivity index (χ2v) is 7.95. The van der Waals surface area contributed by atoms with Gasteiger partial charge in [0.25, 0.3) is 5.91 Å². The van der Waals surface area contributed by atoms with Gasteiger partial charge in [-0.05, 0) is 43.3 Å². The smallest absolute Gasteiger partial charge is 0.293 e. The van der Waals surface area contributed by atoms with Crippen molar-refractivity contribution < 1.29 is 14.0 Å². The number of hydrogen-bond donors (Lipinski definition) is 2. The second kappa shape index (κ2) is 7.94. The van der Waals surface area contributed by atoms with Gasteiger partial charge in [0.05, 0.1) is 15.7 Å². The molecular weight excluding hydrogens is 394 g/mol. The molecule has 1 aromatic carbocycles. The largest absolute Gasteiger partial charge is 0.451 e. The number of carbonyl (C=O) groups is 2. The Hall–Kier alpha value is -2.29. The van der Waals surface area contributed by atoms with Crippen LogP contribution in [0.1, 0.15) is 16.2 Å². The quantitative estimate of drug-likeness (QED) is 0.597. The molecule has 0 unspecified atom stereocenters. The first-order chi connectivity index (χ1) is 12.4. The number of thiazole rings is 1. The van der Waals surface area contributed by atoms with Crippen LogP contribution in [0.2, 0.25) is 5.02 Å². The van der Waals surface area contributed by atoms with E-state index in [9.17, 15) is 9.59 Å². The summed E-state index contributed by atoms with van der Waals surface area (Å²) in [6.45, 7) is 1.81. The van der Waals surface area contributed by atoms with Crippen LogP contribution in [0.15, 0.2) is 45.0 Å². The Morgan fingerprint density at radius 2 is 2.00 bits per heavy atom. The van der Waals surface area contributed by atoms with Gasteiger partial charge >= 0.3 is 0 Å². The van der Waals surface area contributed by atoms with Gasteiger partial charge in [-0.3, -0.25) is 14.9 Å². The maximum atomic E-state index is 12.4. The predicted molar refractivity (Wildman–Crippen MR) is 104 cm³/mol. The van der Waals surface area contributed by atoms with Crippen LogP contribution in [-0.2, 0) is 4.79 Å². The lowest BCUT2D eigenvalue weighted by Gasteiger charge is -1.99. The molecule has 2 amide bonds. The van der Waals surface area contributed by atoms with Gasteiger partial charge in [-0.2, -0.15) is 0 Å². The first kappa shape index (κ1) is 18.5. The average molecular weight is 408 g/mol. The molecule has 134 valence electrons. The summed E-state index contributed by atoms with van der Waals surface area (Å²) in [5, 5.41) is 3.77. The fourth-order valence-corrected chi connectivity index (χ4v) is 4.09. The second-order valence-electron chi connectivity index (χ2n) is 5.27. The minimum absolute atomic E-state index is 0.166.